The zero-order valence-corrected chi connectivity index (χ0v) is 21.4. The van der Waals surface area contributed by atoms with Crippen molar-refractivity contribution >= 4 is 29.3 Å². The van der Waals surface area contributed by atoms with Gasteiger partial charge in [-0.2, -0.15) is 0 Å². The summed E-state index contributed by atoms with van der Waals surface area (Å²) in [6, 6.07) is 1.70. The molecule has 3 atom stereocenters. The first-order valence-electron chi connectivity index (χ1n) is 13.2. The Balaban J connectivity index is 1.40. The average molecular weight is 516 g/mol. The van der Waals surface area contributed by atoms with Gasteiger partial charge in [-0.25, -0.2) is 13.8 Å². The van der Waals surface area contributed by atoms with Crippen molar-refractivity contribution in [2.24, 2.45) is 15.9 Å². The second-order valence-corrected chi connectivity index (χ2v) is 10.3. The summed E-state index contributed by atoms with van der Waals surface area (Å²) >= 11 is 0. The molecule has 0 radical (unpaired) electrons. The van der Waals surface area contributed by atoms with Crippen LogP contribution in [0.3, 0.4) is 0 Å². The van der Waals surface area contributed by atoms with E-state index in [9.17, 15) is 23.2 Å². The Bertz CT molecular complexity index is 1100. The number of amides is 3. The lowest BCUT2D eigenvalue weighted by molar-refractivity contribution is -0.138. The summed E-state index contributed by atoms with van der Waals surface area (Å²) in [7, 11) is 0. The molecule has 1 saturated carbocycles. The molecule has 2 N–H and O–H groups in total. The predicted octanol–water partition coefficient (Wildman–Crippen LogP) is 3.14. The Morgan fingerprint density at radius 1 is 1.14 bits per heavy atom. The number of halogens is 2. The van der Waals surface area contributed by atoms with Gasteiger partial charge in [-0.3, -0.25) is 19.4 Å². The van der Waals surface area contributed by atoms with E-state index < -0.39 is 29.6 Å². The Hall–Kier alpha value is -3.17. The molecule has 10 heteroatoms. The predicted molar refractivity (Wildman–Crippen MR) is 136 cm³/mol. The number of piperidine rings is 1. The maximum atomic E-state index is 14.2. The number of nitrogens with one attached hydrogen (secondary N) is 2. The highest BCUT2D eigenvalue weighted by molar-refractivity contribution is 6.14. The summed E-state index contributed by atoms with van der Waals surface area (Å²) in [5.74, 6) is -1.44. The van der Waals surface area contributed by atoms with Crippen molar-refractivity contribution in [3.8, 4) is 0 Å². The summed E-state index contributed by atoms with van der Waals surface area (Å²) < 4.78 is 27.4. The molecule has 3 aliphatic rings. The van der Waals surface area contributed by atoms with E-state index >= 15 is 0 Å². The number of hydrogen-bond acceptors (Lipinski definition) is 5. The quantitative estimate of drug-likeness (QED) is 0.500. The topological polar surface area (TPSA) is 103 Å². The van der Waals surface area contributed by atoms with Crippen LogP contribution in [0.25, 0.3) is 0 Å². The minimum Gasteiger partial charge on any atom is -0.345 e. The first kappa shape index (κ1) is 26.9. The number of likely N-dealkylation sites (tertiary alicyclic amines) is 1. The zero-order valence-electron chi connectivity index (χ0n) is 21.4. The fraction of sp³-hybridized carbons (Fsp3) is 0.593. The van der Waals surface area contributed by atoms with Gasteiger partial charge in [-0.05, 0) is 57.6 Å². The van der Waals surface area contributed by atoms with Gasteiger partial charge in [0.1, 0.15) is 23.5 Å². The molecule has 3 amide bonds. The highest BCUT2D eigenvalue weighted by Crippen LogP contribution is 2.33. The van der Waals surface area contributed by atoms with Crippen LogP contribution in [0, 0.1) is 17.6 Å². The normalized spacial score (nSPS) is 21.1. The van der Waals surface area contributed by atoms with Crippen LogP contribution < -0.4 is 10.6 Å². The lowest BCUT2D eigenvalue weighted by atomic mass is 10.0. The molecule has 2 fully saturated rings. The summed E-state index contributed by atoms with van der Waals surface area (Å²) in [6.07, 6.45) is 6.15. The third-order valence-corrected chi connectivity index (χ3v) is 7.26. The number of rotatable bonds is 10. The van der Waals surface area contributed by atoms with Gasteiger partial charge in [0, 0.05) is 30.6 Å². The summed E-state index contributed by atoms with van der Waals surface area (Å²) in [5.41, 5.74) is 0.494. The summed E-state index contributed by atoms with van der Waals surface area (Å²) in [6.45, 7) is 4.43. The molecule has 2 aliphatic heterocycles. The van der Waals surface area contributed by atoms with Crippen molar-refractivity contribution in [1.29, 1.82) is 0 Å². The number of hydrogen-bond donors (Lipinski definition) is 2. The average Bonchev–Trinajstić information content (AvgIpc) is 3.56. The van der Waals surface area contributed by atoms with Gasteiger partial charge in [0.15, 0.2) is 0 Å². The van der Waals surface area contributed by atoms with E-state index in [0.29, 0.717) is 30.4 Å². The minimum atomic E-state index is -1.02. The molecule has 1 aromatic rings. The van der Waals surface area contributed by atoms with E-state index in [1.54, 1.807) is 11.8 Å². The molecule has 0 bridgehead atoms. The number of nitrogens with zero attached hydrogens (tertiary/aromatic N) is 3. The van der Waals surface area contributed by atoms with Gasteiger partial charge in [0.2, 0.25) is 17.7 Å². The smallest absolute Gasteiger partial charge is 0.243 e. The van der Waals surface area contributed by atoms with Crippen LogP contribution in [0.15, 0.2) is 28.2 Å². The van der Waals surface area contributed by atoms with E-state index in [-0.39, 0.29) is 36.4 Å². The Morgan fingerprint density at radius 2 is 1.92 bits per heavy atom. The van der Waals surface area contributed by atoms with Crippen LogP contribution in [0.1, 0.15) is 70.8 Å². The number of carbonyl (C=O) groups is 3. The second-order valence-electron chi connectivity index (χ2n) is 10.3. The van der Waals surface area contributed by atoms with Gasteiger partial charge in [-0.1, -0.05) is 12.8 Å². The van der Waals surface area contributed by atoms with Crippen molar-refractivity contribution in [2.45, 2.75) is 83.3 Å². The van der Waals surface area contributed by atoms with Gasteiger partial charge in [0.05, 0.1) is 24.7 Å². The number of carbonyl (C=O) groups excluding carboxylic acids is 3. The third-order valence-electron chi connectivity index (χ3n) is 7.26. The lowest BCUT2D eigenvalue weighted by Gasteiger charge is -2.34. The van der Waals surface area contributed by atoms with Crippen molar-refractivity contribution < 1.29 is 23.2 Å². The number of benzene rings is 1. The largest absolute Gasteiger partial charge is 0.345 e. The zero-order chi connectivity index (χ0) is 26.5. The van der Waals surface area contributed by atoms with Crippen LogP contribution in [0.5, 0.6) is 0 Å². The molecule has 37 heavy (non-hydrogen) atoms. The Kier molecular flexibility index (Phi) is 8.66. The summed E-state index contributed by atoms with van der Waals surface area (Å²) in [5, 5.41) is 5.57. The van der Waals surface area contributed by atoms with Crippen molar-refractivity contribution in [2.75, 3.05) is 13.1 Å². The third kappa shape index (κ3) is 7.20. The van der Waals surface area contributed by atoms with Crippen molar-refractivity contribution in [1.82, 2.24) is 15.5 Å². The fourth-order valence-corrected chi connectivity index (χ4v) is 4.82. The molecule has 0 aromatic heterocycles. The molecule has 0 unspecified atom stereocenters. The Labute approximate surface area is 216 Å². The molecule has 2 heterocycles. The van der Waals surface area contributed by atoms with Crippen LogP contribution in [0.4, 0.5) is 8.78 Å². The van der Waals surface area contributed by atoms with E-state index in [4.69, 9.17) is 0 Å². The standard InChI is InChI=1S/C27H35F2N5O3/c1-16-5-3-4-12-34(16)25(36)14-22(32-24(35)11-8-18-6-7-18)27(37)31-17(2)26-30-15-23(33-26)20-10-9-19(28)13-21(20)29/h9-10,13,16-18,22H,3-8,11-12,14-15H2,1-2H3,(H,31,37)(H,32,35)/t16-,17-,22-/m0/s1. The lowest BCUT2D eigenvalue weighted by Crippen LogP contribution is -2.53. The van der Waals surface area contributed by atoms with Crippen molar-refractivity contribution in [3.05, 3.63) is 35.4 Å². The summed E-state index contributed by atoms with van der Waals surface area (Å²) in [4.78, 5) is 49.3. The molecule has 1 aliphatic carbocycles. The monoisotopic (exact) mass is 515 g/mol. The highest BCUT2D eigenvalue weighted by atomic mass is 19.1. The van der Waals surface area contributed by atoms with Crippen LogP contribution in [0.2, 0.25) is 0 Å². The van der Waals surface area contributed by atoms with Gasteiger partial charge < -0.3 is 15.5 Å². The second kappa shape index (κ2) is 11.9. The van der Waals surface area contributed by atoms with Gasteiger partial charge >= 0.3 is 0 Å². The Morgan fingerprint density at radius 3 is 2.62 bits per heavy atom. The van der Waals surface area contributed by atoms with Gasteiger partial charge in [0.25, 0.3) is 0 Å². The highest BCUT2D eigenvalue weighted by Gasteiger charge is 2.32. The first-order chi connectivity index (χ1) is 17.7. The van der Waals surface area contributed by atoms with E-state index in [2.05, 4.69) is 20.6 Å². The molecule has 0 spiro atoms. The maximum Gasteiger partial charge on any atom is 0.243 e. The molecular weight excluding hydrogens is 480 g/mol. The molecule has 1 saturated heterocycles. The maximum absolute atomic E-state index is 14.2. The van der Waals surface area contributed by atoms with E-state index in [1.165, 1.54) is 6.07 Å². The van der Waals surface area contributed by atoms with Crippen LogP contribution >= 0.6 is 0 Å². The fourth-order valence-electron chi connectivity index (χ4n) is 4.82. The van der Waals surface area contributed by atoms with Gasteiger partial charge in [-0.15, -0.1) is 0 Å². The SMILES string of the molecule is C[C@H](NC(=O)[C@H](CC(=O)N1CCCC[C@@H]1C)NC(=O)CCC1CC1)C1=NCC(c2ccc(F)cc2F)=N1. The minimum absolute atomic E-state index is 0.0990. The number of amidine groups is 1. The molecular formula is C27H35F2N5O3. The molecule has 200 valence electrons. The van der Waals surface area contributed by atoms with E-state index in [1.807, 2.05) is 6.92 Å². The molecule has 8 nitrogen and oxygen atoms in total. The number of aliphatic imine (C=N–C) groups is 2. The van der Waals surface area contributed by atoms with E-state index in [0.717, 1.165) is 50.7 Å². The van der Waals surface area contributed by atoms with Crippen molar-refractivity contribution in [3.63, 3.8) is 0 Å². The molecule has 4 rings (SSSR count). The van der Waals surface area contributed by atoms with Crippen LogP contribution in [-0.4, -0.2) is 65.4 Å². The molecule has 1 aromatic carbocycles. The van der Waals surface area contributed by atoms with Crippen LogP contribution in [-0.2, 0) is 14.4 Å². The first-order valence-corrected chi connectivity index (χ1v) is 13.2.